The Morgan fingerprint density at radius 2 is 2.00 bits per heavy atom. The van der Waals surface area contributed by atoms with E-state index in [-0.39, 0.29) is 17.2 Å². The van der Waals surface area contributed by atoms with Crippen molar-refractivity contribution in [1.82, 2.24) is 0 Å². The predicted octanol–water partition coefficient (Wildman–Crippen LogP) is 2.33. The SMILES string of the molecule is Cc1ccc(C)c(S(=O)(=O)C2(C(=O)O)CCC2C)c1. The van der Waals surface area contributed by atoms with Gasteiger partial charge in [-0.05, 0) is 49.8 Å². The van der Waals surface area contributed by atoms with Crippen LogP contribution in [0.15, 0.2) is 23.1 Å². The number of carboxylic acids is 1. The van der Waals surface area contributed by atoms with Crippen molar-refractivity contribution in [2.24, 2.45) is 5.92 Å². The van der Waals surface area contributed by atoms with Crippen LogP contribution in [0.3, 0.4) is 0 Å². The summed E-state index contributed by atoms with van der Waals surface area (Å²) in [6.07, 6.45) is 0.829. The van der Waals surface area contributed by atoms with E-state index in [1.54, 1.807) is 32.9 Å². The van der Waals surface area contributed by atoms with Gasteiger partial charge in [0.05, 0.1) is 4.90 Å². The summed E-state index contributed by atoms with van der Waals surface area (Å²) in [7, 11) is -3.87. The van der Waals surface area contributed by atoms with Crippen LogP contribution in [-0.2, 0) is 14.6 Å². The molecule has 1 fully saturated rings. The van der Waals surface area contributed by atoms with Crippen molar-refractivity contribution < 1.29 is 18.3 Å². The Morgan fingerprint density at radius 1 is 1.37 bits per heavy atom. The van der Waals surface area contributed by atoms with Crippen LogP contribution in [0.25, 0.3) is 0 Å². The topological polar surface area (TPSA) is 71.4 Å². The number of hydrogen-bond acceptors (Lipinski definition) is 3. The second-order valence-electron chi connectivity index (χ2n) is 5.41. The molecule has 0 radical (unpaired) electrons. The first kappa shape index (κ1) is 14.1. The molecule has 0 saturated heterocycles. The van der Waals surface area contributed by atoms with Gasteiger partial charge in [-0.2, -0.15) is 0 Å². The standard InChI is InChI=1S/C14H18O4S/c1-9-4-5-10(2)12(8-9)19(17,18)14(13(15)16)7-6-11(14)3/h4-5,8,11H,6-7H2,1-3H3,(H,15,16). The fourth-order valence-corrected chi connectivity index (χ4v) is 5.21. The molecule has 0 amide bonds. The highest BCUT2D eigenvalue weighted by Gasteiger charge is 2.61. The Hall–Kier alpha value is -1.36. The molecule has 4 nitrogen and oxygen atoms in total. The van der Waals surface area contributed by atoms with Crippen LogP contribution < -0.4 is 0 Å². The molecule has 1 aliphatic carbocycles. The molecule has 2 atom stereocenters. The van der Waals surface area contributed by atoms with Crippen LogP contribution in [0.5, 0.6) is 0 Å². The summed E-state index contributed by atoms with van der Waals surface area (Å²) in [5.41, 5.74) is 1.42. The van der Waals surface area contributed by atoms with Crippen LogP contribution in [0, 0.1) is 19.8 Å². The summed E-state index contributed by atoms with van der Waals surface area (Å²) in [5.74, 6) is -1.58. The average molecular weight is 282 g/mol. The molecule has 5 heteroatoms. The molecule has 1 aromatic carbocycles. The molecule has 1 N–H and O–H groups in total. The lowest BCUT2D eigenvalue weighted by Crippen LogP contribution is -2.58. The van der Waals surface area contributed by atoms with Crippen LogP contribution >= 0.6 is 0 Å². The van der Waals surface area contributed by atoms with E-state index in [4.69, 9.17) is 0 Å². The summed E-state index contributed by atoms with van der Waals surface area (Å²) in [6, 6.07) is 5.12. The third-order valence-corrected chi connectivity index (χ3v) is 6.98. The van der Waals surface area contributed by atoms with Crippen molar-refractivity contribution in [2.75, 3.05) is 0 Å². The van der Waals surface area contributed by atoms with Crippen LogP contribution in [0.2, 0.25) is 0 Å². The maximum atomic E-state index is 12.8. The zero-order valence-electron chi connectivity index (χ0n) is 11.3. The molecule has 2 rings (SSSR count). The Morgan fingerprint density at radius 3 is 2.42 bits per heavy atom. The van der Waals surface area contributed by atoms with E-state index in [0.29, 0.717) is 12.0 Å². The molecule has 0 aromatic heterocycles. The number of carbonyl (C=O) groups is 1. The molecular weight excluding hydrogens is 264 g/mol. The highest BCUT2D eigenvalue weighted by Crippen LogP contribution is 2.48. The number of carboxylic acid groups (broad SMARTS) is 1. The first-order valence-electron chi connectivity index (χ1n) is 6.29. The number of hydrogen-bond donors (Lipinski definition) is 1. The lowest BCUT2D eigenvalue weighted by molar-refractivity contribution is -0.144. The van der Waals surface area contributed by atoms with Gasteiger partial charge in [-0.25, -0.2) is 8.42 Å². The number of aryl methyl sites for hydroxylation is 2. The van der Waals surface area contributed by atoms with E-state index < -0.39 is 20.6 Å². The number of aliphatic carboxylic acids is 1. The zero-order chi connectivity index (χ0) is 14.4. The van der Waals surface area contributed by atoms with Gasteiger partial charge in [0.25, 0.3) is 0 Å². The normalized spacial score (nSPS) is 26.8. The van der Waals surface area contributed by atoms with Crippen molar-refractivity contribution >= 4 is 15.8 Å². The van der Waals surface area contributed by atoms with Crippen molar-refractivity contribution in [1.29, 1.82) is 0 Å². The summed E-state index contributed by atoms with van der Waals surface area (Å²) in [5, 5.41) is 9.43. The summed E-state index contributed by atoms with van der Waals surface area (Å²) in [4.78, 5) is 11.7. The highest BCUT2D eigenvalue weighted by molar-refractivity contribution is 7.93. The van der Waals surface area contributed by atoms with Gasteiger partial charge in [0.2, 0.25) is 0 Å². The fraction of sp³-hybridized carbons (Fsp3) is 0.500. The molecule has 0 heterocycles. The summed E-state index contributed by atoms with van der Waals surface area (Å²) >= 11 is 0. The Kier molecular flexibility index (Phi) is 3.21. The monoisotopic (exact) mass is 282 g/mol. The van der Waals surface area contributed by atoms with Gasteiger partial charge in [0, 0.05) is 0 Å². The first-order chi connectivity index (χ1) is 8.73. The van der Waals surface area contributed by atoms with Crippen molar-refractivity contribution in [2.45, 2.75) is 43.3 Å². The van der Waals surface area contributed by atoms with Gasteiger partial charge >= 0.3 is 5.97 Å². The summed E-state index contributed by atoms with van der Waals surface area (Å²) in [6.45, 7) is 5.20. The van der Waals surface area contributed by atoms with E-state index in [1.165, 1.54) is 0 Å². The molecule has 1 saturated carbocycles. The van der Waals surface area contributed by atoms with E-state index in [9.17, 15) is 18.3 Å². The number of sulfone groups is 1. The molecule has 0 spiro atoms. The lowest BCUT2D eigenvalue weighted by Gasteiger charge is -2.43. The van der Waals surface area contributed by atoms with Crippen LogP contribution in [0.1, 0.15) is 30.9 Å². The van der Waals surface area contributed by atoms with Gasteiger partial charge in [-0.3, -0.25) is 4.79 Å². The molecule has 104 valence electrons. The quantitative estimate of drug-likeness (QED) is 0.923. The Balaban J connectivity index is 2.66. The van der Waals surface area contributed by atoms with Gasteiger partial charge < -0.3 is 5.11 Å². The van der Waals surface area contributed by atoms with E-state index in [1.807, 2.05) is 6.07 Å². The lowest BCUT2D eigenvalue weighted by atomic mass is 9.74. The third kappa shape index (κ3) is 1.79. The molecule has 1 aromatic rings. The fourth-order valence-electron chi connectivity index (χ4n) is 2.72. The Labute approximate surface area is 113 Å². The molecule has 2 unspecified atom stereocenters. The molecule has 0 aliphatic heterocycles. The third-order valence-electron chi connectivity index (χ3n) is 4.22. The zero-order valence-corrected chi connectivity index (χ0v) is 12.1. The first-order valence-corrected chi connectivity index (χ1v) is 7.77. The smallest absolute Gasteiger partial charge is 0.325 e. The Bertz CT molecular complexity index is 633. The van der Waals surface area contributed by atoms with Gasteiger partial charge in [0.1, 0.15) is 0 Å². The second-order valence-corrected chi connectivity index (χ2v) is 7.58. The maximum Gasteiger partial charge on any atom is 0.325 e. The maximum absolute atomic E-state index is 12.8. The molecule has 1 aliphatic rings. The number of benzene rings is 1. The minimum Gasteiger partial charge on any atom is -0.480 e. The van der Waals surface area contributed by atoms with E-state index in [2.05, 4.69) is 0 Å². The highest BCUT2D eigenvalue weighted by atomic mass is 32.2. The molecule has 19 heavy (non-hydrogen) atoms. The van der Waals surface area contributed by atoms with Gasteiger partial charge in [-0.1, -0.05) is 19.1 Å². The van der Waals surface area contributed by atoms with Gasteiger partial charge in [0.15, 0.2) is 14.6 Å². The largest absolute Gasteiger partial charge is 0.480 e. The molecule has 0 bridgehead atoms. The van der Waals surface area contributed by atoms with E-state index in [0.717, 1.165) is 5.56 Å². The van der Waals surface area contributed by atoms with Gasteiger partial charge in [-0.15, -0.1) is 0 Å². The van der Waals surface area contributed by atoms with Crippen molar-refractivity contribution in [3.05, 3.63) is 29.3 Å². The minimum atomic E-state index is -3.87. The van der Waals surface area contributed by atoms with Crippen molar-refractivity contribution in [3.63, 3.8) is 0 Å². The number of rotatable bonds is 3. The molecular formula is C14H18O4S. The van der Waals surface area contributed by atoms with E-state index >= 15 is 0 Å². The second kappa shape index (κ2) is 4.34. The predicted molar refractivity (Wildman–Crippen MR) is 71.9 cm³/mol. The summed E-state index contributed by atoms with van der Waals surface area (Å²) < 4.78 is 23.9. The average Bonchev–Trinajstić information content (AvgIpc) is 2.29. The van der Waals surface area contributed by atoms with Crippen LogP contribution in [0.4, 0.5) is 0 Å². The van der Waals surface area contributed by atoms with Crippen molar-refractivity contribution in [3.8, 4) is 0 Å². The minimum absolute atomic E-state index is 0.154. The van der Waals surface area contributed by atoms with Crippen LogP contribution in [-0.4, -0.2) is 24.2 Å².